The minimum Gasteiger partial charge on any atom is -0.467 e. The molecule has 3 amide bonds. The Labute approximate surface area is 170 Å². The van der Waals surface area contributed by atoms with Crippen LogP contribution in [0.5, 0.6) is 0 Å². The molecule has 0 bridgehead atoms. The Kier molecular flexibility index (Phi) is 6.25. The summed E-state index contributed by atoms with van der Waals surface area (Å²) >= 11 is 1.14. The van der Waals surface area contributed by atoms with Crippen molar-refractivity contribution in [2.75, 3.05) is 5.75 Å². The first-order valence-electron chi connectivity index (χ1n) is 8.54. The van der Waals surface area contributed by atoms with E-state index in [4.69, 9.17) is 9.56 Å². The number of aryl methyl sites for hydroxylation is 1. The van der Waals surface area contributed by atoms with Crippen LogP contribution in [0.1, 0.15) is 12.7 Å². The van der Waals surface area contributed by atoms with Crippen molar-refractivity contribution in [3.05, 3.63) is 42.4 Å². The number of carbonyl (C=O) groups excluding carboxylic acids is 2. The van der Waals surface area contributed by atoms with Gasteiger partial charge in [-0.1, -0.05) is 11.8 Å². The van der Waals surface area contributed by atoms with E-state index in [-0.39, 0.29) is 17.2 Å². The second-order valence-corrected chi connectivity index (χ2v) is 8.44. The van der Waals surface area contributed by atoms with Gasteiger partial charge in [0.2, 0.25) is 15.9 Å². The van der Waals surface area contributed by atoms with E-state index in [1.807, 2.05) is 11.5 Å². The van der Waals surface area contributed by atoms with Gasteiger partial charge in [-0.15, -0.1) is 0 Å². The van der Waals surface area contributed by atoms with Crippen molar-refractivity contribution in [2.24, 2.45) is 5.14 Å². The van der Waals surface area contributed by atoms with Crippen LogP contribution in [0.4, 0.5) is 4.79 Å². The molecule has 0 aliphatic heterocycles. The first kappa shape index (κ1) is 20.9. The number of thioether (sulfide) groups is 1. The van der Waals surface area contributed by atoms with Crippen molar-refractivity contribution in [3.63, 3.8) is 0 Å². The van der Waals surface area contributed by atoms with Crippen molar-refractivity contribution in [2.45, 2.75) is 30.1 Å². The second kappa shape index (κ2) is 8.68. The van der Waals surface area contributed by atoms with Gasteiger partial charge >= 0.3 is 6.03 Å². The average molecular weight is 438 g/mol. The number of aromatic nitrogens is 2. The molecule has 0 saturated heterocycles. The molecule has 2 heterocycles. The summed E-state index contributed by atoms with van der Waals surface area (Å²) in [5, 5.41) is 10.4. The summed E-state index contributed by atoms with van der Waals surface area (Å²) in [5.74, 6) is 0.0314. The van der Waals surface area contributed by atoms with Crippen LogP contribution in [-0.4, -0.2) is 35.7 Å². The Hall–Kier alpha value is -2.83. The molecule has 0 unspecified atom stereocenters. The van der Waals surface area contributed by atoms with E-state index >= 15 is 0 Å². The number of nitrogens with zero attached hydrogens (tertiary/aromatic N) is 2. The van der Waals surface area contributed by atoms with Gasteiger partial charge in [0.15, 0.2) is 5.16 Å². The molecule has 0 aliphatic rings. The van der Waals surface area contributed by atoms with Gasteiger partial charge < -0.3 is 14.3 Å². The third-order valence-corrected chi connectivity index (χ3v) is 5.81. The molecule has 0 fully saturated rings. The number of urea groups is 1. The number of carbonyl (C=O) groups is 2. The zero-order valence-corrected chi connectivity index (χ0v) is 17.0. The molecule has 0 spiro atoms. The predicted octanol–water partition coefficient (Wildman–Crippen LogP) is 1.41. The minimum atomic E-state index is -3.84. The number of nitrogens with one attached hydrogen (secondary N) is 2. The lowest BCUT2D eigenvalue weighted by atomic mass is 10.3. The number of imidazole rings is 1. The fourth-order valence-electron chi connectivity index (χ4n) is 2.60. The highest BCUT2D eigenvalue weighted by atomic mass is 32.2. The van der Waals surface area contributed by atoms with Crippen LogP contribution < -0.4 is 15.8 Å². The van der Waals surface area contributed by atoms with E-state index < -0.39 is 22.0 Å². The molecule has 3 rings (SSSR count). The summed E-state index contributed by atoms with van der Waals surface area (Å²) in [6.07, 6.45) is 1.49. The first-order chi connectivity index (χ1) is 13.8. The van der Waals surface area contributed by atoms with Crippen LogP contribution in [0.2, 0.25) is 0 Å². The Bertz CT molecular complexity index is 1140. The van der Waals surface area contributed by atoms with Crippen molar-refractivity contribution in [3.8, 4) is 0 Å². The number of imide groups is 1. The normalized spacial score (nSPS) is 11.5. The number of furan rings is 1. The zero-order valence-electron chi connectivity index (χ0n) is 15.4. The lowest BCUT2D eigenvalue weighted by molar-refractivity contribution is -0.117. The maximum atomic E-state index is 12.0. The molecule has 2 aromatic heterocycles. The van der Waals surface area contributed by atoms with Gasteiger partial charge in [0, 0.05) is 6.54 Å². The van der Waals surface area contributed by atoms with Crippen LogP contribution in [-0.2, 0) is 27.9 Å². The lowest BCUT2D eigenvalue weighted by Crippen LogP contribution is -2.39. The Morgan fingerprint density at radius 1 is 1.31 bits per heavy atom. The monoisotopic (exact) mass is 437 g/mol. The van der Waals surface area contributed by atoms with Gasteiger partial charge in [-0.2, -0.15) is 0 Å². The summed E-state index contributed by atoms with van der Waals surface area (Å²) in [6.45, 7) is 2.64. The van der Waals surface area contributed by atoms with Crippen LogP contribution >= 0.6 is 11.8 Å². The van der Waals surface area contributed by atoms with Gasteiger partial charge in [0.25, 0.3) is 0 Å². The highest BCUT2D eigenvalue weighted by molar-refractivity contribution is 7.99. The van der Waals surface area contributed by atoms with E-state index in [0.717, 1.165) is 17.3 Å². The Morgan fingerprint density at radius 3 is 2.76 bits per heavy atom. The summed E-state index contributed by atoms with van der Waals surface area (Å²) < 4.78 is 30.0. The van der Waals surface area contributed by atoms with Crippen molar-refractivity contribution >= 4 is 44.8 Å². The van der Waals surface area contributed by atoms with E-state index in [2.05, 4.69) is 15.6 Å². The number of benzene rings is 1. The van der Waals surface area contributed by atoms with Gasteiger partial charge in [0.1, 0.15) is 5.76 Å². The second-order valence-electron chi connectivity index (χ2n) is 5.93. The largest absolute Gasteiger partial charge is 0.467 e. The fraction of sp³-hybridized carbons (Fsp3) is 0.235. The number of fused-ring (bicyclic) bond motifs is 1. The number of sulfonamides is 1. The third kappa shape index (κ3) is 5.16. The maximum Gasteiger partial charge on any atom is 0.321 e. The van der Waals surface area contributed by atoms with Gasteiger partial charge in [-0.3, -0.25) is 10.1 Å². The van der Waals surface area contributed by atoms with Crippen LogP contribution in [0.15, 0.2) is 51.1 Å². The van der Waals surface area contributed by atoms with E-state index in [0.29, 0.717) is 23.0 Å². The van der Waals surface area contributed by atoms with E-state index in [1.54, 1.807) is 18.2 Å². The Morgan fingerprint density at radius 2 is 2.10 bits per heavy atom. The van der Waals surface area contributed by atoms with Crippen LogP contribution in [0.3, 0.4) is 0 Å². The smallest absolute Gasteiger partial charge is 0.321 e. The lowest BCUT2D eigenvalue weighted by Gasteiger charge is -2.07. The summed E-state index contributed by atoms with van der Waals surface area (Å²) in [7, 11) is -3.84. The average Bonchev–Trinajstić information content (AvgIpc) is 3.30. The molecule has 0 saturated carbocycles. The first-order valence-corrected chi connectivity index (χ1v) is 11.1. The molecular formula is C17H19N5O5S2. The minimum absolute atomic E-state index is 0.0340. The summed E-state index contributed by atoms with van der Waals surface area (Å²) in [4.78, 5) is 28.2. The molecule has 0 atom stereocenters. The van der Waals surface area contributed by atoms with Gasteiger partial charge in [-0.05, 0) is 37.3 Å². The number of nitrogens with two attached hydrogens (primary N) is 1. The van der Waals surface area contributed by atoms with Crippen LogP contribution in [0, 0.1) is 0 Å². The molecule has 12 heteroatoms. The number of rotatable bonds is 7. The zero-order chi connectivity index (χ0) is 21.0. The van der Waals surface area contributed by atoms with Crippen molar-refractivity contribution < 1.29 is 22.4 Å². The quantitative estimate of drug-likeness (QED) is 0.473. The maximum absolute atomic E-state index is 12.0. The molecular weight excluding hydrogens is 418 g/mol. The standard InChI is InChI=1S/C17H19N5O5S2/c1-2-22-14-6-5-12(29(18,25)26)8-13(14)20-17(22)28-10-15(23)21-16(24)19-9-11-4-3-7-27-11/h3-8H,2,9-10H2,1H3,(H2,18,25,26)(H2,19,21,23,24). The molecule has 10 nitrogen and oxygen atoms in total. The summed E-state index contributed by atoms with van der Waals surface area (Å²) in [5.41, 5.74) is 1.18. The molecule has 3 aromatic rings. The predicted molar refractivity (Wildman–Crippen MR) is 107 cm³/mol. The SMILES string of the molecule is CCn1c(SCC(=O)NC(=O)NCc2ccco2)nc2cc(S(N)(=O)=O)ccc21. The Balaban J connectivity index is 1.63. The fourth-order valence-corrected chi connectivity index (χ4v) is 4.01. The molecule has 29 heavy (non-hydrogen) atoms. The summed E-state index contributed by atoms with van der Waals surface area (Å²) in [6, 6.07) is 7.20. The number of primary sulfonamides is 1. The van der Waals surface area contributed by atoms with Crippen molar-refractivity contribution in [1.29, 1.82) is 0 Å². The number of hydrogen-bond acceptors (Lipinski definition) is 7. The van der Waals surface area contributed by atoms with E-state index in [1.165, 1.54) is 18.4 Å². The third-order valence-electron chi connectivity index (χ3n) is 3.92. The molecule has 4 N–H and O–H groups in total. The van der Waals surface area contributed by atoms with Crippen molar-refractivity contribution in [1.82, 2.24) is 20.2 Å². The highest BCUT2D eigenvalue weighted by Gasteiger charge is 2.16. The molecule has 154 valence electrons. The molecule has 1 aromatic carbocycles. The van der Waals surface area contributed by atoms with Gasteiger partial charge in [-0.25, -0.2) is 23.3 Å². The van der Waals surface area contributed by atoms with Gasteiger partial charge in [0.05, 0.1) is 34.5 Å². The number of hydrogen-bond donors (Lipinski definition) is 3. The topological polar surface area (TPSA) is 149 Å². The molecule has 0 radical (unpaired) electrons. The number of amides is 3. The highest BCUT2D eigenvalue weighted by Crippen LogP contribution is 2.25. The van der Waals surface area contributed by atoms with E-state index in [9.17, 15) is 18.0 Å². The van der Waals surface area contributed by atoms with Crippen LogP contribution in [0.25, 0.3) is 11.0 Å². The molecule has 0 aliphatic carbocycles.